The fourth-order valence-electron chi connectivity index (χ4n) is 3.23. The standard InChI is InChI=1S/C25H16N2O3/c28-14-4-5-17-10-13-21-22(15-17)27-25(30)23(21)24(19-6-2-1-3-7-19)26-20-11-8-18(16-29)9-12-20/h1-3,6-16,27,30H. The molecule has 0 aliphatic heterocycles. The molecule has 0 fully saturated rings. The average molecular weight is 392 g/mol. The quantitative estimate of drug-likeness (QED) is 0.307. The van der Waals surface area contributed by atoms with Crippen molar-refractivity contribution < 1.29 is 14.7 Å². The van der Waals surface area contributed by atoms with Gasteiger partial charge in [0.05, 0.1) is 22.5 Å². The second-order valence-corrected chi connectivity index (χ2v) is 6.53. The van der Waals surface area contributed by atoms with E-state index >= 15 is 0 Å². The molecule has 0 aliphatic rings. The summed E-state index contributed by atoms with van der Waals surface area (Å²) in [6.07, 6.45) is 1.32. The number of carbonyl (C=O) groups excluding carboxylic acids is 2. The molecular weight excluding hydrogens is 376 g/mol. The van der Waals surface area contributed by atoms with Gasteiger partial charge >= 0.3 is 0 Å². The summed E-state index contributed by atoms with van der Waals surface area (Å²) in [4.78, 5) is 29.2. The zero-order valence-corrected chi connectivity index (χ0v) is 15.8. The fraction of sp³-hybridized carbons (Fsp3) is 0. The zero-order chi connectivity index (χ0) is 20.9. The molecule has 0 atom stereocenters. The lowest BCUT2D eigenvalue weighted by Gasteiger charge is -2.08. The van der Waals surface area contributed by atoms with E-state index in [0.717, 1.165) is 17.2 Å². The van der Waals surface area contributed by atoms with Crippen molar-refractivity contribution in [2.75, 3.05) is 0 Å². The first-order valence-corrected chi connectivity index (χ1v) is 9.19. The summed E-state index contributed by atoms with van der Waals surface area (Å²) in [5.41, 5.74) is 4.54. The summed E-state index contributed by atoms with van der Waals surface area (Å²) >= 11 is 0. The highest BCUT2D eigenvalue weighted by Crippen LogP contribution is 2.32. The fourth-order valence-corrected chi connectivity index (χ4v) is 3.23. The first-order chi connectivity index (χ1) is 14.7. The Kier molecular flexibility index (Phi) is 5.23. The minimum absolute atomic E-state index is 0.0161. The van der Waals surface area contributed by atoms with Crippen LogP contribution in [0.3, 0.4) is 0 Å². The van der Waals surface area contributed by atoms with Crippen LogP contribution in [0.25, 0.3) is 10.9 Å². The van der Waals surface area contributed by atoms with Crippen LogP contribution in [0, 0.1) is 11.8 Å². The number of H-pyrrole nitrogens is 1. The number of aldehydes is 2. The molecule has 0 unspecified atom stereocenters. The van der Waals surface area contributed by atoms with Crippen LogP contribution in [0.4, 0.5) is 5.69 Å². The van der Waals surface area contributed by atoms with E-state index < -0.39 is 0 Å². The molecule has 0 bridgehead atoms. The monoisotopic (exact) mass is 392 g/mol. The van der Waals surface area contributed by atoms with Crippen LogP contribution in [-0.2, 0) is 4.79 Å². The lowest BCUT2D eigenvalue weighted by atomic mass is 10.00. The van der Waals surface area contributed by atoms with Crippen molar-refractivity contribution in [3.8, 4) is 17.7 Å². The number of fused-ring (bicyclic) bond motifs is 1. The number of nitrogens with zero attached hydrogens (tertiary/aromatic N) is 1. The van der Waals surface area contributed by atoms with E-state index in [-0.39, 0.29) is 5.88 Å². The Bertz CT molecular complexity index is 1320. The summed E-state index contributed by atoms with van der Waals surface area (Å²) in [5, 5.41) is 11.5. The van der Waals surface area contributed by atoms with Crippen LogP contribution in [-0.4, -0.2) is 28.4 Å². The third kappa shape index (κ3) is 3.75. The highest BCUT2D eigenvalue weighted by molar-refractivity contribution is 6.22. The maximum Gasteiger partial charge on any atom is 0.199 e. The van der Waals surface area contributed by atoms with E-state index in [0.29, 0.717) is 39.9 Å². The highest BCUT2D eigenvalue weighted by Gasteiger charge is 2.18. The Morgan fingerprint density at radius 3 is 2.43 bits per heavy atom. The van der Waals surface area contributed by atoms with Gasteiger partial charge in [0, 0.05) is 22.1 Å². The molecule has 144 valence electrons. The van der Waals surface area contributed by atoms with Gasteiger partial charge in [-0.3, -0.25) is 9.59 Å². The molecule has 5 heteroatoms. The van der Waals surface area contributed by atoms with Crippen molar-refractivity contribution in [3.63, 3.8) is 0 Å². The Morgan fingerprint density at radius 2 is 1.73 bits per heavy atom. The second kappa shape index (κ2) is 8.29. The largest absolute Gasteiger partial charge is 0.494 e. The van der Waals surface area contributed by atoms with E-state index in [1.54, 1.807) is 36.4 Å². The zero-order valence-electron chi connectivity index (χ0n) is 15.8. The lowest BCUT2D eigenvalue weighted by Crippen LogP contribution is -2.02. The van der Waals surface area contributed by atoms with Crippen LogP contribution in [0.2, 0.25) is 0 Å². The van der Waals surface area contributed by atoms with Crippen molar-refractivity contribution in [2.45, 2.75) is 0 Å². The van der Waals surface area contributed by atoms with Gasteiger partial charge in [-0.2, -0.15) is 0 Å². The molecule has 4 rings (SSSR count). The summed E-state index contributed by atoms with van der Waals surface area (Å²) < 4.78 is 0. The predicted molar refractivity (Wildman–Crippen MR) is 116 cm³/mol. The molecule has 1 aromatic heterocycles. The van der Waals surface area contributed by atoms with Crippen molar-refractivity contribution in [1.82, 2.24) is 4.98 Å². The number of benzene rings is 3. The molecule has 4 aromatic rings. The Hall–Kier alpha value is -4.43. The summed E-state index contributed by atoms with van der Waals surface area (Å²) in [5.74, 6) is 5.12. The smallest absolute Gasteiger partial charge is 0.199 e. The third-order valence-electron chi connectivity index (χ3n) is 4.61. The number of nitrogens with one attached hydrogen (secondary N) is 1. The van der Waals surface area contributed by atoms with Gasteiger partial charge in [0.1, 0.15) is 6.29 Å². The van der Waals surface area contributed by atoms with Crippen LogP contribution < -0.4 is 0 Å². The first kappa shape index (κ1) is 18.9. The first-order valence-electron chi connectivity index (χ1n) is 9.19. The Labute approximate surface area is 172 Å². The maximum absolute atomic E-state index is 10.9. The molecule has 5 nitrogen and oxygen atoms in total. The van der Waals surface area contributed by atoms with Crippen molar-refractivity contribution in [2.24, 2.45) is 4.99 Å². The van der Waals surface area contributed by atoms with E-state index in [1.165, 1.54) is 0 Å². The summed E-state index contributed by atoms with van der Waals surface area (Å²) in [6, 6.07) is 21.9. The number of aromatic amines is 1. The molecular formula is C25H16N2O3. The molecule has 0 saturated heterocycles. The van der Waals surface area contributed by atoms with Crippen LogP contribution in [0.15, 0.2) is 77.8 Å². The van der Waals surface area contributed by atoms with Gasteiger partial charge in [-0.1, -0.05) is 42.3 Å². The maximum atomic E-state index is 10.9. The number of rotatable bonds is 4. The average Bonchev–Trinajstić information content (AvgIpc) is 3.11. The molecule has 0 aliphatic carbocycles. The van der Waals surface area contributed by atoms with Crippen LogP contribution in [0.1, 0.15) is 27.0 Å². The molecule has 1 heterocycles. The predicted octanol–water partition coefficient (Wildman–Crippen LogP) is 4.41. The molecule has 30 heavy (non-hydrogen) atoms. The molecule has 0 saturated carbocycles. The van der Waals surface area contributed by atoms with Crippen molar-refractivity contribution >= 4 is 34.9 Å². The number of aromatic nitrogens is 1. The Balaban J connectivity index is 1.91. The molecule has 2 N–H and O–H groups in total. The molecule has 0 amide bonds. The normalized spacial score (nSPS) is 11.0. The van der Waals surface area contributed by atoms with Crippen LogP contribution in [0.5, 0.6) is 5.88 Å². The minimum atomic E-state index is -0.0161. The van der Waals surface area contributed by atoms with E-state index in [4.69, 9.17) is 4.99 Å². The molecule has 3 aromatic carbocycles. The van der Waals surface area contributed by atoms with Gasteiger partial charge in [-0.05, 0) is 42.3 Å². The topological polar surface area (TPSA) is 82.5 Å². The molecule has 0 radical (unpaired) electrons. The van der Waals surface area contributed by atoms with Gasteiger partial charge < -0.3 is 10.1 Å². The lowest BCUT2D eigenvalue weighted by molar-refractivity contribution is -0.103. The van der Waals surface area contributed by atoms with Crippen molar-refractivity contribution in [3.05, 3.63) is 95.1 Å². The summed E-state index contributed by atoms with van der Waals surface area (Å²) in [7, 11) is 0. The second-order valence-electron chi connectivity index (χ2n) is 6.53. The number of hydrogen-bond donors (Lipinski definition) is 2. The van der Waals surface area contributed by atoms with Crippen LogP contribution >= 0.6 is 0 Å². The van der Waals surface area contributed by atoms with E-state index in [1.807, 2.05) is 36.4 Å². The highest BCUT2D eigenvalue weighted by atomic mass is 16.3. The molecule has 0 spiro atoms. The van der Waals surface area contributed by atoms with Gasteiger partial charge in [0.2, 0.25) is 0 Å². The summed E-state index contributed by atoms with van der Waals surface area (Å²) in [6.45, 7) is 0. The Morgan fingerprint density at radius 1 is 0.967 bits per heavy atom. The third-order valence-corrected chi connectivity index (χ3v) is 4.61. The number of hydrogen-bond acceptors (Lipinski definition) is 4. The van der Waals surface area contributed by atoms with Gasteiger partial charge in [0.15, 0.2) is 12.2 Å². The van der Waals surface area contributed by atoms with E-state index in [9.17, 15) is 14.7 Å². The van der Waals surface area contributed by atoms with Gasteiger partial charge in [-0.25, -0.2) is 4.99 Å². The minimum Gasteiger partial charge on any atom is -0.494 e. The number of carbonyl (C=O) groups is 2. The van der Waals surface area contributed by atoms with E-state index in [2.05, 4.69) is 16.8 Å². The van der Waals surface area contributed by atoms with Gasteiger partial charge in [0.25, 0.3) is 0 Å². The SMILES string of the molecule is O=CC#Cc1ccc2c(C(=Nc3ccc(C=O)cc3)c3ccccc3)c(O)[nH]c2c1. The van der Waals surface area contributed by atoms with Crippen molar-refractivity contribution in [1.29, 1.82) is 0 Å². The number of aliphatic imine (C=N–C) groups is 1. The number of aromatic hydroxyl groups is 1. The van der Waals surface area contributed by atoms with Gasteiger partial charge in [-0.15, -0.1) is 0 Å².